The third-order valence-electron chi connectivity index (χ3n) is 8.14. The fraction of sp³-hybridized carbons (Fsp3) is 0.636. The zero-order chi connectivity index (χ0) is 22.1. The number of sulfonamides is 1. The molecule has 0 spiro atoms. The molecule has 5 aliphatic carbocycles. The highest BCUT2D eigenvalue weighted by molar-refractivity contribution is 7.89. The van der Waals surface area contributed by atoms with Gasteiger partial charge in [0.15, 0.2) is 0 Å². The molecule has 9 heteroatoms. The Morgan fingerprint density at radius 3 is 2.23 bits per heavy atom. The summed E-state index contributed by atoms with van der Waals surface area (Å²) in [7, 11) is -3.96. The quantitative estimate of drug-likeness (QED) is 0.488. The van der Waals surface area contributed by atoms with E-state index < -0.39 is 26.5 Å². The Morgan fingerprint density at radius 1 is 1.03 bits per heavy atom. The third-order valence-corrected chi connectivity index (χ3v) is 9.75. The minimum Gasteiger partial charge on any atom is -0.398 e. The first-order valence-corrected chi connectivity index (χ1v) is 12.6. The number of nitrogen functional groups attached to an aromatic ring is 1. The van der Waals surface area contributed by atoms with E-state index in [-0.39, 0.29) is 22.4 Å². The molecule has 168 valence electrons. The fourth-order valence-electron chi connectivity index (χ4n) is 7.00. The topological polar surface area (TPSA) is 144 Å². The Hall–Kier alpha value is -2.13. The van der Waals surface area contributed by atoms with E-state index in [4.69, 9.17) is 11.5 Å². The summed E-state index contributed by atoms with van der Waals surface area (Å²) >= 11 is 0. The van der Waals surface area contributed by atoms with Gasteiger partial charge in [0.25, 0.3) is 0 Å². The van der Waals surface area contributed by atoms with Gasteiger partial charge in [0.1, 0.15) is 10.4 Å². The first-order chi connectivity index (χ1) is 14.6. The Labute approximate surface area is 182 Å². The van der Waals surface area contributed by atoms with Gasteiger partial charge in [-0.05, 0) is 81.8 Å². The van der Waals surface area contributed by atoms with Crippen molar-refractivity contribution in [1.29, 1.82) is 0 Å². The number of nitrogens with two attached hydrogens (primary N) is 2. The van der Waals surface area contributed by atoms with Crippen LogP contribution in [0, 0.1) is 17.3 Å². The number of rotatable bonds is 6. The van der Waals surface area contributed by atoms with Crippen molar-refractivity contribution < 1.29 is 18.0 Å². The van der Waals surface area contributed by atoms with Gasteiger partial charge in [-0.2, -0.15) is 4.72 Å². The number of benzene rings is 1. The third kappa shape index (κ3) is 3.24. The first-order valence-electron chi connectivity index (χ1n) is 11.1. The van der Waals surface area contributed by atoms with E-state index in [2.05, 4.69) is 10.0 Å². The maximum atomic E-state index is 13.5. The second-order valence-corrected chi connectivity index (χ2v) is 12.1. The van der Waals surface area contributed by atoms with Gasteiger partial charge in [0.05, 0.1) is 11.1 Å². The molecule has 2 unspecified atom stereocenters. The standard InChI is InChI=1S/C22H30N4O4S/c23-16-4-1-2-5-17(16)31(29,30)26-22(6-3-7-22)19(28)25-21-11-14-8-15(12-21)10-20(9-14,13-21)18(24)27/h1-2,4-5,14-15,26H,3,6-13,23H2,(H2,24,27)(H,25,28). The minimum atomic E-state index is -3.96. The summed E-state index contributed by atoms with van der Waals surface area (Å²) in [6.45, 7) is 0. The fourth-order valence-corrected chi connectivity index (χ4v) is 8.56. The highest BCUT2D eigenvalue weighted by atomic mass is 32.2. The number of carbonyl (C=O) groups is 2. The maximum Gasteiger partial charge on any atom is 0.243 e. The Balaban J connectivity index is 1.39. The maximum absolute atomic E-state index is 13.5. The van der Waals surface area contributed by atoms with E-state index in [1.54, 1.807) is 12.1 Å². The number of para-hydroxylation sites is 1. The normalized spacial score (nSPS) is 35.4. The van der Waals surface area contributed by atoms with Gasteiger partial charge < -0.3 is 16.8 Å². The van der Waals surface area contributed by atoms with Gasteiger partial charge in [-0.15, -0.1) is 0 Å². The van der Waals surface area contributed by atoms with Crippen molar-refractivity contribution in [2.45, 2.75) is 73.8 Å². The highest BCUT2D eigenvalue weighted by Gasteiger charge is 2.61. The molecule has 0 saturated heterocycles. The van der Waals surface area contributed by atoms with Crippen molar-refractivity contribution in [1.82, 2.24) is 10.0 Å². The average Bonchev–Trinajstić information content (AvgIpc) is 2.63. The number of hydrogen-bond donors (Lipinski definition) is 4. The number of amides is 2. The lowest BCUT2D eigenvalue weighted by Crippen LogP contribution is -2.70. The second-order valence-electron chi connectivity index (χ2n) is 10.4. The molecule has 5 fully saturated rings. The summed E-state index contributed by atoms with van der Waals surface area (Å²) in [6.07, 6.45) is 6.56. The predicted molar refractivity (Wildman–Crippen MR) is 115 cm³/mol. The lowest BCUT2D eigenvalue weighted by Gasteiger charge is -2.61. The van der Waals surface area contributed by atoms with Crippen LogP contribution in [0.15, 0.2) is 29.2 Å². The summed E-state index contributed by atoms with van der Waals surface area (Å²) in [6, 6.07) is 6.25. The Morgan fingerprint density at radius 2 is 1.68 bits per heavy atom. The molecule has 5 aliphatic rings. The van der Waals surface area contributed by atoms with E-state index in [0.717, 1.165) is 38.5 Å². The molecule has 0 radical (unpaired) electrons. The molecule has 4 bridgehead atoms. The van der Waals surface area contributed by atoms with Gasteiger partial charge in [0, 0.05) is 5.54 Å². The first kappa shape index (κ1) is 20.8. The van der Waals surface area contributed by atoms with E-state index >= 15 is 0 Å². The molecule has 0 aliphatic heterocycles. The van der Waals surface area contributed by atoms with Crippen molar-refractivity contribution in [3.8, 4) is 0 Å². The summed E-state index contributed by atoms with van der Waals surface area (Å²) < 4.78 is 28.7. The molecule has 5 saturated carbocycles. The van der Waals surface area contributed by atoms with Crippen LogP contribution < -0.4 is 21.5 Å². The zero-order valence-corrected chi connectivity index (χ0v) is 18.3. The number of nitrogens with one attached hydrogen (secondary N) is 2. The van der Waals surface area contributed by atoms with E-state index in [0.29, 0.717) is 31.1 Å². The number of carbonyl (C=O) groups excluding carboxylic acids is 2. The molecule has 31 heavy (non-hydrogen) atoms. The van der Waals surface area contributed by atoms with Gasteiger partial charge in [0.2, 0.25) is 21.8 Å². The van der Waals surface area contributed by atoms with Gasteiger partial charge in [-0.3, -0.25) is 9.59 Å². The lowest BCUT2D eigenvalue weighted by atomic mass is 9.46. The largest absolute Gasteiger partial charge is 0.398 e. The molecule has 0 heterocycles. The summed E-state index contributed by atoms with van der Waals surface area (Å²) in [4.78, 5) is 25.8. The highest BCUT2D eigenvalue weighted by Crippen LogP contribution is 2.61. The molecule has 2 amide bonds. The van der Waals surface area contributed by atoms with Crippen molar-refractivity contribution in [3.05, 3.63) is 24.3 Å². The average molecular weight is 447 g/mol. The van der Waals surface area contributed by atoms with Gasteiger partial charge in [-0.25, -0.2) is 8.42 Å². The Bertz CT molecular complexity index is 1040. The molecule has 1 aromatic carbocycles. The molecule has 6 rings (SSSR count). The molecule has 6 N–H and O–H groups in total. The van der Waals surface area contributed by atoms with Gasteiger partial charge in [-0.1, -0.05) is 12.1 Å². The summed E-state index contributed by atoms with van der Waals surface area (Å²) in [5.74, 6) is 0.205. The summed E-state index contributed by atoms with van der Waals surface area (Å²) in [5, 5.41) is 3.23. The molecular formula is C22H30N4O4S. The number of hydrogen-bond acceptors (Lipinski definition) is 5. The van der Waals surface area contributed by atoms with Crippen LogP contribution in [-0.4, -0.2) is 31.3 Å². The van der Waals surface area contributed by atoms with Crippen LogP contribution in [0.3, 0.4) is 0 Å². The van der Waals surface area contributed by atoms with Crippen LogP contribution in [0.2, 0.25) is 0 Å². The van der Waals surface area contributed by atoms with Crippen molar-refractivity contribution in [3.63, 3.8) is 0 Å². The summed E-state index contributed by atoms with van der Waals surface area (Å²) in [5.41, 5.74) is 9.64. The predicted octanol–water partition coefficient (Wildman–Crippen LogP) is 1.41. The van der Waals surface area contributed by atoms with Crippen LogP contribution in [-0.2, 0) is 19.6 Å². The van der Waals surface area contributed by atoms with E-state index in [9.17, 15) is 18.0 Å². The zero-order valence-electron chi connectivity index (χ0n) is 17.5. The van der Waals surface area contributed by atoms with Crippen LogP contribution in [0.1, 0.15) is 57.8 Å². The smallest absolute Gasteiger partial charge is 0.243 e. The Kier molecular flexibility index (Phi) is 4.47. The molecule has 0 aromatic heterocycles. The SMILES string of the molecule is NC(=O)C12CC3CC(CC(NC(=O)C4(NS(=O)(=O)c5ccccc5N)CCC4)(C3)C1)C2. The molecule has 2 atom stereocenters. The van der Waals surface area contributed by atoms with Crippen LogP contribution in [0.4, 0.5) is 5.69 Å². The number of anilines is 1. The van der Waals surface area contributed by atoms with Crippen LogP contribution >= 0.6 is 0 Å². The monoisotopic (exact) mass is 446 g/mol. The van der Waals surface area contributed by atoms with E-state index in [1.807, 2.05) is 0 Å². The molecule has 1 aromatic rings. The van der Waals surface area contributed by atoms with Crippen LogP contribution in [0.25, 0.3) is 0 Å². The van der Waals surface area contributed by atoms with Crippen molar-refractivity contribution in [2.75, 3.05) is 5.73 Å². The van der Waals surface area contributed by atoms with Crippen LogP contribution in [0.5, 0.6) is 0 Å². The lowest BCUT2D eigenvalue weighted by molar-refractivity contribution is -0.152. The van der Waals surface area contributed by atoms with Gasteiger partial charge >= 0.3 is 0 Å². The minimum absolute atomic E-state index is 0.0171. The second kappa shape index (κ2) is 6.68. The molecule has 8 nitrogen and oxygen atoms in total. The van der Waals surface area contributed by atoms with E-state index in [1.165, 1.54) is 12.1 Å². The molecular weight excluding hydrogens is 416 g/mol. The number of primary amides is 1. The van der Waals surface area contributed by atoms with Crippen molar-refractivity contribution >= 4 is 27.5 Å². The van der Waals surface area contributed by atoms with Crippen molar-refractivity contribution in [2.24, 2.45) is 23.0 Å².